The molecule has 0 radical (unpaired) electrons. The zero-order valence-electron chi connectivity index (χ0n) is 60.0. The second kappa shape index (κ2) is 45.1. The van der Waals surface area contributed by atoms with Crippen molar-refractivity contribution in [2.75, 3.05) is 124 Å². The second-order valence-electron chi connectivity index (χ2n) is 25.8. The number of nitrogens with zero attached hydrogens (tertiary/aromatic N) is 5. The number of nitrogens with two attached hydrogens (primary N) is 1. The summed E-state index contributed by atoms with van der Waals surface area (Å²) in [6, 6.07) is 13.4. The van der Waals surface area contributed by atoms with E-state index in [1.54, 1.807) is 12.1 Å². The van der Waals surface area contributed by atoms with Crippen LogP contribution in [0, 0.1) is 0 Å². The van der Waals surface area contributed by atoms with Crippen LogP contribution in [0.3, 0.4) is 0 Å². The number of ether oxygens (including phenoxy) is 3. The normalized spacial score (nSPS) is 15.3. The third kappa shape index (κ3) is 28.6. The van der Waals surface area contributed by atoms with Crippen LogP contribution in [0.4, 0.5) is 10.5 Å². The minimum absolute atomic E-state index is 0.0194. The molecule has 13 N–H and O–H groups in total. The number of fused-ring (bicyclic) bond motifs is 3. The molecule has 3 aliphatic heterocycles. The number of amides is 10. The average molecular weight is 1450 g/mol. The molecule has 31 nitrogen and oxygen atoms in total. The maximum absolute atomic E-state index is 13.7. The minimum atomic E-state index is -1.22. The molecule has 0 aromatic heterocycles. The van der Waals surface area contributed by atoms with E-state index in [4.69, 9.17) is 29.9 Å². The number of carboxylic acids is 1. The van der Waals surface area contributed by atoms with Gasteiger partial charge in [0.05, 0.1) is 56.7 Å². The predicted octanol–water partition coefficient (Wildman–Crippen LogP) is 3.79. The fraction of sp³-hybridized carbons (Fsp3) is 0.592. The summed E-state index contributed by atoms with van der Waals surface area (Å²) in [4.78, 5) is 133. The summed E-state index contributed by atoms with van der Waals surface area (Å²) >= 11 is 1.87. The highest BCUT2D eigenvalue weighted by molar-refractivity contribution is 8.00. The van der Waals surface area contributed by atoms with E-state index in [9.17, 15) is 53.1 Å². The number of carbonyl (C=O) groups excluding carboxylic acids is 9. The molecule has 10 amide bonds. The van der Waals surface area contributed by atoms with Crippen molar-refractivity contribution in [2.45, 2.75) is 152 Å². The number of hydrogen-bond donors (Lipinski definition) is 12. The Bertz CT molecular complexity index is 3580. The van der Waals surface area contributed by atoms with Gasteiger partial charge in [-0.15, -0.1) is 0 Å². The van der Waals surface area contributed by atoms with Gasteiger partial charge in [-0.2, -0.15) is 11.8 Å². The second-order valence-corrected chi connectivity index (χ2v) is 27.1. The van der Waals surface area contributed by atoms with Crippen LogP contribution >= 0.6 is 11.8 Å². The number of rotatable bonds is 49. The first-order chi connectivity index (χ1) is 49.7. The van der Waals surface area contributed by atoms with E-state index in [-0.39, 0.29) is 99.5 Å². The van der Waals surface area contributed by atoms with E-state index in [1.165, 1.54) is 13.0 Å². The number of nitrogens with one attached hydrogen (secondary N) is 10. The number of carboxylic acid groups (broad SMARTS) is 1. The van der Waals surface area contributed by atoms with Crippen LogP contribution in [0.5, 0.6) is 0 Å². The number of thioether (sulfide) groups is 1. The zero-order valence-corrected chi connectivity index (χ0v) is 60.8. The number of aromatic carboxylic acids is 1. The van der Waals surface area contributed by atoms with Crippen LogP contribution in [0.15, 0.2) is 64.1 Å². The quantitative estimate of drug-likeness (QED) is 0.00569. The topological polar surface area (TPSA) is 433 Å². The van der Waals surface area contributed by atoms with Crippen molar-refractivity contribution >= 4 is 87.7 Å². The van der Waals surface area contributed by atoms with Crippen LogP contribution < -0.4 is 73.7 Å². The van der Waals surface area contributed by atoms with E-state index < -0.39 is 59.5 Å². The maximum Gasteiger partial charge on any atom is 0.336 e. The van der Waals surface area contributed by atoms with Gasteiger partial charge in [0.1, 0.15) is 43.6 Å². The monoisotopic (exact) mass is 1450 g/mol. The Morgan fingerprint density at radius 3 is 2.02 bits per heavy atom. The highest BCUT2D eigenvalue weighted by Crippen LogP contribution is 2.42. The van der Waals surface area contributed by atoms with Crippen LogP contribution in [-0.2, 0) is 47.8 Å². The van der Waals surface area contributed by atoms with Crippen molar-refractivity contribution in [3.63, 3.8) is 0 Å². The Hall–Kier alpha value is -9.07. The number of urea groups is 1. The van der Waals surface area contributed by atoms with Crippen LogP contribution in [-0.4, -0.2) is 219 Å². The Morgan fingerprint density at radius 1 is 0.680 bits per heavy atom. The van der Waals surface area contributed by atoms with Crippen molar-refractivity contribution in [1.82, 2.24) is 57.7 Å². The highest BCUT2D eigenvalue weighted by atomic mass is 32.2. The molecule has 2 fully saturated rings. The molecule has 6 atom stereocenters. The highest BCUT2D eigenvalue weighted by Gasteiger charge is 2.42. The zero-order chi connectivity index (χ0) is 74.5. The molecule has 2 saturated heterocycles. The average Bonchev–Trinajstić information content (AvgIpc) is 1.55. The Balaban J connectivity index is 0.922. The van der Waals surface area contributed by atoms with E-state index in [1.807, 2.05) is 85.8 Å². The molecule has 3 heterocycles. The van der Waals surface area contributed by atoms with Gasteiger partial charge in [0.25, 0.3) is 5.91 Å². The number of hydrogen-bond acceptors (Lipinski definition) is 18. The van der Waals surface area contributed by atoms with Gasteiger partial charge in [-0.05, 0) is 132 Å². The standard InChI is InChI=1S/C71H104N16O15S/c1-46(80-62(90)28-34-79-85-73)66(92)82-55(17-10-12-29-72)69(95)78-44-63(91)75-30-13-6-7-21-61(89)81-54(68(94)77-33-16-36-100-38-40-101-39-37-99-35-15-32-74-60(88)20-9-8-19-59-65-56(45-103-59)83-71(98)84-65)18-11-14-31-76-67(93)47-22-25-50(53(41-47)70(96)97)64-51-26-23-48(86(2)3)42-57(51)102-58-43-49(87(4)5)24-27-52(58)64/h22-27,41-43,46,54-56,59,65H,6-21,28-40,44-45,72H2,1-5H3,(H10-,74,75,76,77,78,80,81,82,83,84,88,89,90,91,92,93,94,95,96,97,98)/p+1/t46-,54-,55-,56+,59+,65+/m0/s1. The smallest absolute Gasteiger partial charge is 0.336 e. The molecule has 4 aliphatic rings. The molecule has 1 aliphatic carbocycles. The first-order valence-corrected chi connectivity index (χ1v) is 36.7. The molecule has 6 rings (SSSR count). The fourth-order valence-electron chi connectivity index (χ4n) is 11.7. The molecule has 0 bridgehead atoms. The molecule has 103 heavy (non-hydrogen) atoms. The van der Waals surface area contributed by atoms with Crippen molar-refractivity contribution in [3.8, 4) is 22.5 Å². The third-order valence-corrected chi connectivity index (χ3v) is 18.9. The first-order valence-electron chi connectivity index (χ1n) is 35.6. The van der Waals surface area contributed by atoms with Crippen LogP contribution in [0.1, 0.15) is 137 Å². The molecule has 564 valence electrons. The lowest BCUT2D eigenvalue weighted by Gasteiger charge is -2.21. The summed E-state index contributed by atoms with van der Waals surface area (Å²) in [5, 5.41) is 43.9. The summed E-state index contributed by atoms with van der Waals surface area (Å²) in [5.74, 6) is -3.17. The van der Waals surface area contributed by atoms with Gasteiger partial charge in [0, 0.05) is 135 Å². The first kappa shape index (κ1) is 82.9. The third-order valence-electron chi connectivity index (χ3n) is 17.4. The fourth-order valence-corrected chi connectivity index (χ4v) is 13.3. The number of carbonyl (C=O) groups is 10. The van der Waals surface area contributed by atoms with Crippen molar-refractivity contribution in [3.05, 3.63) is 81.5 Å². The molecule has 32 heteroatoms. The summed E-state index contributed by atoms with van der Waals surface area (Å²) in [5.41, 5.74) is 17.4. The molecule has 0 saturated carbocycles. The SMILES string of the molecule is C[C@H](NC(=O)CCN=[N+]=[N-])C(=O)N[C@@H](CCCCN)C(=O)NCC(=O)NCCCCCC(=O)N[C@@H](CCCCNC(=O)c1ccc(-c2c3ccc(=[N+](C)C)cc-3oc3cc(N(C)C)ccc23)c(C(=O)O)c1)C(=O)NCCCOCCOCCOCCCNC(=O)CCCC[C@H]1SC[C@H]2NC(=O)N[C@H]21. The molecular weight excluding hydrogens is 1350 g/mol. The number of azide groups is 1. The predicted molar refractivity (Wildman–Crippen MR) is 392 cm³/mol. The van der Waals surface area contributed by atoms with E-state index in [0.29, 0.717) is 156 Å². The van der Waals surface area contributed by atoms with Crippen LogP contribution in [0.2, 0.25) is 0 Å². The van der Waals surface area contributed by atoms with E-state index >= 15 is 0 Å². The maximum atomic E-state index is 13.7. The lowest BCUT2D eigenvalue weighted by molar-refractivity contribution is -0.132. The molecule has 0 unspecified atom stereocenters. The van der Waals surface area contributed by atoms with Gasteiger partial charge >= 0.3 is 12.0 Å². The largest absolute Gasteiger partial charge is 0.478 e. The molecule has 0 spiro atoms. The van der Waals surface area contributed by atoms with Gasteiger partial charge in [-0.1, -0.05) is 24.0 Å². The Labute approximate surface area is 605 Å². The van der Waals surface area contributed by atoms with Crippen molar-refractivity contribution in [2.24, 2.45) is 10.8 Å². The van der Waals surface area contributed by atoms with Gasteiger partial charge < -0.3 is 87.5 Å². The van der Waals surface area contributed by atoms with Crippen molar-refractivity contribution in [1.29, 1.82) is 0 Å². The Morgan fingerprint density at radius 2 is 1.31 bits per heavy atom. The Kier molecular flexibility index (Phi) is 36.3. The van der Waals surface area contributed by atoms with Gasteiger partial charge in [-0.3, -0.25) is 38.4 Å². The number of unbranched alkanes of at least 4 members (excludes halogenated alkanes) is 5. The lowest BCUT2D eigenvalue weighted by atomic mass is 9.89. The summed E-state index contributed by atoms with van der Waals surface area (Å²) in [7, 11) is 7.67. The molecule has 2 aromatic carbocycles. The number of benzene rings is 3. The van der Waals surface area contributed by atoms with Gasteiger partial charge in [0.2, 0.25) is 46.7 Å². The molecular formula is C71H105N16O15S+. The minimum Gasteiger partial charge on any atom is -0.478 e. The van der Waals surface area contributed by atoms with Gasteiger partial charge in [-0.25, -0.2) is 14.2 Å². The summed E-state index contributed by atoms with van der Waals surface area (Å²) in [6.07, 6.45) is 8.17. The van der Waals surface area contributed by atoms with Crippen molar-refractivity contribution < 1.29 is 71.7 Å². The van der Waals surface area contributed by atoms with Crippen LogP contribution in [0.25, 0.3) is 43.9 Å². The molecule has 2 aromatic rings. The lowest BCUT2D eigenvalue weighted by Crippen LogP contribution is -2.53. The van der Waals surface area contributed by atoms with Gasteiger partial charge in [0.15, 0.2) is 0 Å². The number of anilines is 1. The summed E-state index contributed by atoms with van der Waals surface area (Å²) < 4.78 is 25.4. The summed E-state index contributed by atoms with van der Waals surface area (Å²) in [6.45, 7) is 4.81. The van der Waals surface area contributed by atoms with E-state index in [0.717, 1.165) is 36.1 Å². The van der Waals surface area contributed by atoms with E-state index in [2.05, 4.69) is 63.2 Å².